The molecule has 0 fully saturated rings. The number of nitrogens with one attached hydrogen (secondary N) is 1. The van der Waals surface area contributed by atoms with Gasteiger partial charge in [-0.3, -0.25) is 4.90 Å². The zero-order valence-electron chi connectivity index (χ0n) is 10.6. The molecule has 86 valence electrons. The molecule has 0 spiro atoms. The number of furan rings is 1. The lowest BCUT2D eigenvalue weighted by atomic mass is 9.92. The van der Waals surface area contributed by atoms with Gasteiger partial charge in [0, 0.05) is 5.54 Å². The Morgan fingerprint density at radius 1 is 1.33 bits per heavy atom. The van der Waals surface area contributed by atoms with Gasteiger partial charge in [-0.2, -0.15) is 0 Å². The molecule has 15 heavy (non-hydrogen) atoms. The van der Waals surface area contributed by atoms with Crippen LogP contribution in [0, 0.1) is 6.92 Å². The van der Waals surface area contributed by atoms with E-state index in [0.29, 0.717) is 0 Å². The van der Waals surface area contributed by atoms with Crippen LogP contribution in [-0.4, -0.2) is 31.6 Å². The van der Waals surface area contributed by atoms with E-state index in [9.17, 15) is 0 Å². The Hall–Kier alpha value is -0.800. The number of likely N-dealkylation sites (N-methyl/N-ethyl adjacent to an activating group) is 2. The summed E-state index contributed by atoms with van der Waals surface area (Å²) in [6.45, 7) is 6.33. The van der Waals surface area contributed by atoms with Crippen LogP contribution in [0.5, 0.6) is 0 Å². The molecule has 0 aliphatic carbocycles. The van der Waals surface area contributed by atoms with Crippen LogP contribution >= 0.6 is 0 Å². The zero-order valence-corrected chi connectivity index (χ0v) is 10.6. The minimum absolute atomic E-state index is 0.0200. The second-order valence-electron chi connectivity index (χ2n) is 4.79. The van der Waals surface area contributed by atoms with Gasteiger partial charge in [0.15, 0.2) is 0 Å². The van der Waals surface area contributed by atoms with Crippen molar-refractivity contribution in [2.24, 2.45) is 0 Å². The highest BCUT2D eigenvalue weighted by atomic mass is 16.3. The lowest BCUT2D eigenvalue weighted by molar-refractivity contribution is 0.151. The minimum Gasteiger partial charge on any atom is -0.465 e. The van der Waals surface area contributed by atoms with Crippen LogP contribution in [0.1, 0.15) is 31.4 Å². The molecule has 1 N–H and O–H groups in total. The molecule has 1 rings (SSSR count). The molecule has 1 aromatic rings. The molecule has 0 saturated carbocycles. The Morgan fingerprint density at radius 2 is 1.93 bits per heavy atom. The zero-order chi connectivity index (χ0) is 11.6. The first-order valence-corrected chi connectivity index (χ1v) is 5.30. The summed E-state index contributed by atoms with van der Waals surface area (Å²) >= 11 is 0. The van der Waals surface area contributed by atoms with Crippen molar-refractivity contribution in [3.63, 3.8) is 0 Å². The van der Waals surface area contributed by atoms with Crippen LogP contribution in [0.25, 0.3) is 0 Å². The van der Waals surface area contributed by atoms with E-state index >= 15 is 0 Å². The highest BCUT2D eigenvalue weighted by Gasteiger charge is 2.33. The first kappa shape index (κ1) is 12.3. The van der Waals surface area contributed by atoms with Crippen molar-refractivity contribution in [3.8, 4) is 0 Å². The summed E-state index contributed by atoms with van der Waals surface area (Å²) in [5.41, 5.74) is -0.0200. The van der Waals surface area contributed by atoms with E-state index in [4.69, 9.17) is 4.42 Å². The first-order chi connectivity index (χ1) is 6.88. The second kappa shape index (κ2) is 4.37. The normalized spacial score (nSPS) is 14.6. The highest BCUT2D eigenvalue weighted by molar-refractivity contribution is 5.14. The van der Waals surface area contributed by atoms with Crippen molar-refractivity contribution >= 4 is 0 Å². The SMILES string of the molecule is CNC(C)(C)C(c1ccc(C)o1)N(C)C. The molecule has 3 nitrogen and oxygen atoms in total. The van der Waals surface area contributed by atoms with Crippen LogP contribution in [0.2, 0.25) is 0 Å². The molecule has 0 saturated heterocycles. The summed E-state index contributed by atoms with van der Waals surface area (Å²) in [6, 6.07) is 4.30. The van der Waals surface area contributed by atoms with Crippen molar-refractivity contribution in [2.45, 2.75) is 32.4 Å². The quantitative estimate of drug-likeness (QED) is 0.825. The summed E-state index contributed by atoms with van der Waals surface area (Å²) in [5, 5.41) is 3.33. The molecule has 0 amide bonds. The lowest BCUT2D eigenvalue weighted by Crippen LogP contribution is -2.47. The molecule has 0 aliphatic heterocycles. The molecule has 1 heterocycles. The summed E-state index contributed by atoms with van der Waals surface area (Å²) in [5.74, 6) is 1.97. The maximum Gasteiger partial charge on any atom is 0.123 e. The van der Waals surface area contributed by atoms with Crippen LogP contribution in [0.15, 0.2) is 16.5 Å². The Bertz CT molecular complexity index is 315. The molecule has 0 bridgehead atoms. The molecule has 0 aliphatic rings. The average molecular weight is 210 g/mol. The topological polar surface area (TPSA) is 28.4 Å². The smallest absolute Gasteiger partial charge is 0.123 e. The Morgan fingerprint density at radius 3 is 2.27 bits per heavy atom. The Kier molecular flexibility index (Phi) is 3.58. The van der Waals surface area contributed by atoms with Crippen LogP contribution in [0.3, 0.4) is 0 Å². The van der Waals surface area contributed by atoms with Crippen molar-refractivity contribution in [1.82, 2.24) is 10.2 Å². The van der Waals surface area contributed by atoms with Crippen LogP contribution in [-0.2, 0) is 0 Å². The van der Waals surface area contributed by atoms with Crippen molar-refractivity contribution < 1.29 is 4.42 Å². The summed E-state index contributed by atoms with van der Waals surface area (Å²) in [4.78, 5) is 2.18. The van der Waals surface area contributed by atoms with E-state index in [1.165, 1.54) is 0 Å². The largest absolute Gasteiger partial charge is 0.465 e. The maximum atomic E-state index is 5.71. The fourth-order valence-corrected chi connectivity index (χ4v) is 1.99. The van der Waals surface area contributed by atoms with Crippen molar-refractivity contribution in [2.75, 3.05) is 21.1 Å². The third-order valence-electron chi connectivity index (χ3n) is 2.87. The minimum atomic E-state index is -0.0200. The predicted molar refractivity (Wildman–Crippen MR) is 63.0 cm³/mol. The van der Waals surface area contributed by atoms with Gasteiger partial charge in [-0.15, -0.1) is 0 Å². The van der Waals surface area contributed by atoms with E-state index in [1.54, 1.807) is 0 Å². The van der Waals surface area contributed by atoms with Gasteiger partial charge in [-0.05, 0) is 54.0 Å². The van der Waals surface area contributed by atoms with Crippen molar-refractivity contribution in [1.29, 1.82) is 0 Å². The molecule has 0 aromatic carbocycles. The fourth-order valence-electron chi connectivity index (χ4n) is 1.99. The number of hydrogen-bond donors (Lipinski definition) is 1. The molecule has 3 heteroatoms. The predicted octanol–water partition coefficient (Wildman–Crippen LogP) is 2.19. The fraction of sp³-hybridized carbons (Fsp3) is 0.667. The molecule has 1 aromatic heterocycles. The van der Waals surface area contributed by atoms with E-state index in [1.807, 2.05) is 20.0 Å². The molecule has 1 unspecified atom stereocenters. The number of rotatable bonds is 4. The third-order valence-corrected chi connectivity index (χ3v) is 2.87. The molecule has 1 atom stereocenters. The van der Waals surface area contributed by atoms with Crippen LogP contribution in [0.4, 0.5) is 0 Å². The van der Waals surface area contributed by atoms with E-state index in [2.05, 4.69) is 44.2 Å². The Labute approximate surface area is 92.5 Å². The second-order valence-corrected chi connectivity index (χ2v) is 4.79. The van der Waals surface area contributed by atoms with E-state index in [0.717, 1.165) is 11.5 Å². The molecular formula is C12H22N2O. The summed E-state index contributed by atoms with van der Waals surface area (Å²) in [7, 11) is 6.12. The van der Waals surface area contributed by atoms with Gasteiger partial charge in [0.05, 0.1) is 6.04 Å². The standard InChI is InChI=1S/C12H22N2O/c1-9-7-8-10(15-9)11(14(5)6)12(2,3)13-4/h7-8,11,13H,1-6H3. The van der Waals surface area contributed by atoms with Crippen molar-refractivity contribution in [3.05, 3.63) is 23.7 Å². The average Bonchev–Trinajstić information content (AvgIpc) is 2.51. The first-order valence-electron chi connectivity index (χ1n) is 5.30. The molecule has 0 radical (unpaired) electrons. The van der Waals surface area contributed by atoms with Gasteiger partial charge < -0.3 is 9.73 Å². The summed E-state index contributed by atoms with van der Waals surface area (Å²) < 4.78 is 5.71. The maximum absolute atomic E-state index is 5.71. The third kappa shape index (κ3) is 2.61. The number of hydrogen-bond acceptors (Lipinski definition) is 3. The van der Waals surface area contributed by atoms with Crippen LogP contribution < -0.4 is 5.32 Å². The van der Waals surface area contributed by atoms with Gasteiger partial charge in [-0.25, -0.2) is 0 Å². The van der Waals surface area contributed by atoms with E-state index < -0.39 is 0 Å². The number of nitrogens with zero attached hydrogens (tertiary/aromatic N) is 1. The van der Waals surface area contributed by atoms with Gasteiger partial charge in [-0.1, -0.05) is 0 Å². The van der Waals surface area contributed by atoms with Gasteiger partial charge in [0.2, 0.25) is 0 Å². The Balaban J connectivity index is 3.03. The van der Waals surface area contributed by atoms with Gasteiger partial charge >= 0.3 is 0 Å². The van der Waals surface area contributed by atoms with Gasteiger partial charge in [0.1, 0.15) is 11.5 Å². The number of aryl methyl sites for hydroxylation is 1. The lowest BCUT2D eigenvalue weighted by Gasteiger charge is -2.37. The highest BCUT2D eigenvalue weighted by Crippen LogP contribution is 2.30. The summed E-state index contributed by atoms with van der Waals surface area (Å²) in [6.07, 6.45) is 0. The molecular weight excluding hydrogens is 188 g/mol. The van der Waals surface area contributed by atoms with Gasteiger partial charge in [0.25, 0.3) is 0 Å². The van der Waals surface area contributed by atoms with E-state index in [-0.39, 0.29) is 11.6 Å². The monoisotopic (exact) mass is 210 g/mol.